The van der Waals surface area contributed by atoms with Crippen LogP contribution in [0, 0.1) is 0 Å². The van der Waals surface area contributed by atoms with Crippen LogP contribution in [-0.2, 0) is 15.7 Å². The number of ether oxygens (including phenoxy) is 2. The summed E-state index contributed by atoms with van der Waals surface area (Å²) >= 11 is 0. The van der Waals surface area contributed by atoms with Crippen LogP contribution in [0.5, 0.6) is 5.75 Å². The Morgan fingerprint density at radius 3 is 2.48 bits per heavy atom. The van der Waals surface area contributed by atoms with Crippen molar-refractivity contribution in [2.45, 2.75) is 6.18 Å². The molecule has 0 radical (unpaired) electrons. The maximum Gasteiger partial charge on any atom is 0.418 e. The average molecular weight is 353 g/mol. The highest BCUT2D eigenvalue weighted by atomic mass is 19.4. The smallest absolute Gasteiger partial charge is 0.418 e. The Hall–Kier alpha value is -3.03. The van der Waals surface area contributed by atoms with Crippen LogP contribution in [0.25, 0.3) is 0 Å². The minimum atomic E-state index is -4.61. The summed E-state index contributed by atoms with van der Waals surface area (Å²) < 4.78 is 48.3. The van der Waals surface area contributed by atoms with E-state index in [-0.39, 0.29) is 5.56 Å². The summed E-state index contributed by atoms with van der Waals surface area (Å²) in [6.45, 7) is -0.720. The second kappa shape index (κ2) is 7.69. The minimum absolute atomic E-state index is 0.155. The Balaban J connectivity index is 1.98. The first-order valence-corrected chi connectivity index (χ1v) is 7.08. The third-order valence-electron chi connectivity index (χ3n) is 3.15. The molecule has 25 heavy (non-hydrogen) atoms. The van der Waals surface area contributed by atoms with Gasteiger partial charge in [-0.1, -0.05) is 18.2 Å². The number of methoxy groups -OCH3 is 1. The summed E-state index contributed by atoms with van der Waals surface area (Å²) in [6, 6.07) is 10.6. The number of para-hydroxylation sites is 1. The van der Waals surface area contributed by atoms with Crippen LogP contribution in [0.4, 0.5) is 18.9 Å². The predicted octanol–water partition coefficient (Wildman–Crippen LogP) is 3.51. The van der Waals surface area contributed by atoms with E-state index in [4.69, 9.17) is 9.47 Å². The summed E-state index contributed by atoms with van der Waals surface area (Å²) in [5.74, 6) is -1.25. The second-order valence-electron chi connectivity index (χ2n) is 4.90. The summed E-state index contributed by atoms with van der Waals surface area (Å²) in [5, 5.41) is 2.09. The molecular formula is C17H14F3NO4. The third-order valence-corrected chi connectivity index (χ3v) is 3.15. The first-order chi connectivity index (χ1) is 11.8. The Kier molecular flexibility index (Phi) is 5.63. The first-order valence-electron chi connectivity index (χ1n) is 7.08. The van der Waals surface area contributed by atoms with Crippen LogP contribution in [0.15, 0.2) is 48.5 Å². The summed E-state index contributed by atoms with van der Waals surface area (Å²) in [6.07, 6.45) is -4.61. The number of amides is 1. The molecule has 2 aromatic rings. The summed E-state index contributed by atoms with van der Waals surface area (Å²) in [7, 11) is 1.43. The SMILES string of the molecule is COc1cccc(C(=O)OCC(=O)Nc2ccccc2C(F)(F)F)c1. The molecule has 0 aromatic heterocycles. The maximum absolute atomic E-state index is 12.9. The lowest BCUT2D eigenvalue weighted by atomic mass is 10.1. The number of halogens is 3. The van der Waals surface area contributed by atoms with Gasteiger partial charge in [0.05, 0.1) is 23.9 Å². The molecule has 1 amide bonds. The molecule has 8 heteroatoms. The van der Waals surface area contributed by atoms with Gasteiger partial charge in [-0.25, -0.2) is 4.79 Å². The largest absolute Gasteiger partial charge is 0.497 e. The molecule has 0 spiro atoms. The fourth-order valence-electron chi connectivity index (χ4n) is 1.99. The number of nitrogens with one attached hydrogen (secondary N) is 1. The molecule has 0 atom stereocenters. The van der Waals surface area contributed by atoms with E-state index in [1.807, 2.05) is 0 Å². The van der Waals surface area contributed by atoms with E-state index in [9.17, 15) is 22.8 Å². The molecule has 5 nitrogen and oxygen atoms in total. The number of alkyl halides is 3. The number of hydrogen-bond donors (Lipinski definition) is 1. The second-order valence-corrected chi connectivity index (χ2v) is 4.90. The summed E-state index contributed by atoms with van der Waals surface area (Å²) in [5.41, 5.74) is -1.23. The lowest BCUT2D eigenvalue weighted by Crippen LogP contribution is -2.22. The number of hydrogen-bond acceptors (Lipinski definition) is 4. The number of benzene rings is 2. The molecule has 0 saturated carbocycles. The molecule has 1 N–H and O–H groups in total. The van der Waals surface area contributed by atoms with Crippen LogP contribution in [0.2, 0.25) is 0 Å². The Bertz CT molecular complexity index is 774. The Morgan fingerprint density at radius 1 is 1.08 bits per heavy atom. The highest BCUT2D eigenvalue weighted by Gasteiger charge is 2.33. The number of rotatable bonds is 5. The normalized spacial score (nSPS) is 10.9. The first kappa shape index (κ1) is 18.3. The number of anilines is 1. The fourth-order valence-corrected chi connectivity index (χ4v) is 1.99. The van der Waals surface area contributed by atoms with Crippen molar-refractivity contribution in [3.05, 3.63) is 59.7 Å². The molecule has 2 aromatic carbocycles. The molecule has 0 aliphatic heterocycles. The van der Waals surface area contributed by atoms with Gasteiger partial charge in [0.1, 0.15) is 5.75 Å². The Morgan fingerprint density at radius 2 is 1.80 bits per heavy atom. The van der Waals surface area contributed by atoms with Crippen LogP contribution < -0.4 is 10.1 Å². The zero-order valence-corrected chi connectivity index (χ0v) is 13.1. The lowest BCUT2D eigenvalue weighted by molar-refractivity contribution is -0.137. The molecule has 0 saturated heterocycles. The van der Waals surface area contributed by atoms with E-state index < -0.39 is 35.9 Å². The van der Waals surface area contributed by atoms with Crippen molar-refractivity contribution < 1.29 is 32.2 Å². The van der Waals surface area contributed by atoms with Crippen molar-refractivity contribution in [2.24, 2.45) is 0 Å². The van der Waals surface area contributed by atoms with E-state index in [1.165, 1.54) is 31.4 Å². The van der Waals surface area contributed by atoms with Crippen LogP contribution >= 0.6 is 0 Å². The van der Waals surface area contributed by atoms with Gasteiger partial charge in [0.15, 0.2) is 6.61 Å². The Labute approximate surface area is 141 Å². The molecule has 0 aliphatic rings. The molecule has 0 unspecified atom stereocenters. The van der Waals surface area contributed by atoms with E-state index in [0.29, 0.717) is 5.75 Å². The van der Waals surface area contributed by atoms with Gasteiger partial charge in [-0.05, 0) is 30.3 Å². The van der Waals surface area contributed by atoms with Gasteiger partial charge in [0.25, 0.3) is 5.91 Å². The van der Waals surface area contributed by atoms with Crippen molar-refractivity contribution in [1.29, 1.82) is 0 Å². The van der Waals surface area contributed by atoms with Gasteiger partial charge < -0.3 is 14.8 Å². The van der Waals surface area contributed by atoms with E-state index in [2.05, 4.69) is 5.32 Å². The fraction of sp³-hybridized carbons (Fsp3) is 0.176. The molecule has 2 rings (SSSR count). The number of carbonyl (C=O) groups is 2. The van der Waals surface area contributed by atoms with Crippen LogP contribution in [-0.4, -0.2) is 25.6 Å². The van der Waals surface area contributed by atoms with Gasteiger partial charge in [0, 0.05) is 0 Å². The molecule has 0 bridgehead atoms. The van der Waals surface area contributed by atoms with Gasteiger partial charge >= 0.3 is 12.1 Å². The van der Waals surface area contributed by atoms with Gasteiger partial charge in [-0.3, -0.25) is 4.79 Å². The average Bonchev–Trinajstić information content (AvgIpc) is 2.59. The zero-order chi connectivity index (χ0) is 18.4. The monoisotopic (exact) mass is 353 g/mol. The van der Waals surface area contributed by atoms with E-state index in [1.54, 1.807) is 12.1 Å². The van der Waals surface area contributed by atoms with E-state index >= 15 is 0 Å². The van der Waals surface area contributed by atoms with Crippen LogP contribution in [0.1, 0.15) is 15.9 Å². The number of carbonyl (C=O) groups excluding carboxylic acids is 2. The summed E-state index contributed by atoms with van der Waals surface area (Å²) in [4.78, 5) is 23.6. The van der Waals surface area contributed by atoms with Crippen LogP contribution in [0.3, 0.4) is 0 Å². The molecule has 0 aliphatic carbocycles. The highest BCUT2D eigenvalue weighted by molar-refractivity contribution is 5.96. The predicted molar refractivity (Wildman–Crippen MR) is 83.4 cm³/mol. The molecule has 132 valence electrons. The van der Waals surface area contributed by atoms with Crippen molar-refractivity contribution in [3.63, 3.8) is 0 Å². The lowest BCUT2D eigenvalue weighted by Gasteiger charge is -2.13. The minimum Gasteiger partial charge on any atom is -0.497 e. The molecule has 0 fully saturated rings. The van der Waals surface area contributed by atoms with Gasteiger partial charge in [0.2, 0.25) is 0 Å². The molecule has 0 heterocycles. The van der Waals surface area contributed by atoms with Crippen molar-refractivity contribution in [3.8, 4) is 5.75 Å². The topological polar surface area (TPSA) is 64.6 Å². The van der Waals surface area contributed by atoms with Crippen molar-refractivity contribution in [1.82, 2.24) is 0 Å². The quantitative estimate of drug-likeness (QED) is 0.836. The van der Waals surface area contributed by atoms with E-state index in [0.717, 1.165) is 12.1 Å². The standard InChI is InChI=1S/C17H14F3NO4/c1-24-12-6-4-5-11(9-12)16(23)25-10-15(22)21-14-8-3-2-7-13(14)17(18,19)20/h2-9H,10H2,1H3,(H,21,22). The van der Waals surface area contributed by atoms with Gasteiger partial charge in [-0.15, -0.1) is 0 Å². The zero-order valence-electron chi connectivity index (χ0n) is 13.1. The van der Waals surface area contributed by atoms with Crippen molar-refractivity contribution in [2.75, 3.05) is 19.0 Å². The molecular weight excluding hydrogens is 339 g/mol. The maximum atomic E-state index is 12.9. The van der Waals surface area contributed by atoms with Gasteiger partial charge in [-0.2, -0.15) is 13.2 Å². The van der Waals surface area contributed by atoms with Crippen molar-refractivity contribution >= 4 is 17.6 Å². The third kappa shape index (κ3) is 4.97. The highest BCUT2D eigenvalue weighted by Crippen LogP contribution is 2.34. The number of esters is 1.